The van der Waals surface area contributed by atoms with Gasteiger partial charge in [0.25, 0.3) is 0 Å². The predicted molar refractivity (Wildman–Crippen MR) is 71.7 cm³/mol. The Bertz CT molecular complexity index is 217. The van der Waals surface area contributed by atoms with Gasteiger partial charge in [-0.3, -0.25) is 0 Å². The highest BCUT2D eigenvalue weighted by atomic mass is 17.3. The molecule has 4 heteroatoms. The van der Waals surface area contributed by atoms with E-state index in [1.165, 1.54) is 0 Å². The fraction of sp³-hybridized carbons (Fsp3) is 1.00. The lowest BCUT2D eigenvalue weighted by Crippen LogP contribution is -2.39. The third kappa shape index (κ3) is 9.83. The van der Waals surface area contributed by atoms with Crippen molar-refractivity contribution in [2.75, 3.05) is 0 Å². The molecule has 0 N–H and O–H groups in total. The third-order valence-electron chi connectivity index (χ3n) is 1.71. The molecule has 0 aliphatic rings. The summed E-state index contributed by atoms with van der Waals surface area (Å²) in [5.41, 5.74) is -0.771. The van der Waals surface area contributed by atoms with E-state index in [1.54, 1.807) is 0 Å². The molecule has 0 rings (SSSR count). The molecule has 0 fully saturated rings. The second kappa shape index (κ2) is 6.33. The molecule has 18 heavy (non-hydrogen) atoms. The Morgan fingerprint density at radius 1 is 0.667 bits per heavy atom. The molecular formula is C14H30O4. The summed E-state index contributed by atoms with van der Waals surface area (Å²) in [4.78, 5) is 21.6. The summed E-state index contributed by atoms with van der Waals surface area (Å²) in [6.45, 7) is 17.6. The van der Waals surface area contributed by atoms with Gasteiger partial charge >= 0.3 is 0 Å². The van der Waals surface area contributed by atoms with Crippen molar-refractivity contribution in [3.8, 4) is 0 Å². The normalized spacial score (nSPS) is 14.3. The van der Waals surface area contributed by atoms with Crippen LogP contribution in [0.15, 0.2) is 0 Å². The second-order valence-corrected chi connectivity index (χ2v) is 7.29. The highest BCUT2D eigenvalue weighted by Gasteiger charge is 2.34. The van der Waals surface area contributed by atoms with Crippen LogP contribution in [0.1, 0.15) is 68.7 Å². The van der Waals surface area contributed by atoms with Crippen LogP contribution in [-0.4, -0.2) is 17.0 Å². The van der Waals surface area contributed by atoms with E-state index in [2.05, 4.69) is 13.8 Å². The zero-order valence-electron chi connectivity index (χ0n) is 13.4. The summed E-state index contributed by atoms with van der Waals surface area (Å²) in [5, 5.41) is 0. The number of hydrogen-bond acceptors (Lipinski definition) is 4. The van der Waals surface area contributed by atoms with Crippen molar-refractivity contribution in [1.29, 1.82) is 0 Å². The molecule has 0 saturated carbocycles. The summed E-state index contributed by atoms with van der Waals surface area (Å²) in [5.74, 6) is -0.503. The predicted octanol–water partition coefficient (Wildman–Crippen LogP) is 4.24. The van der Waals surface area contributed by atoms with Gasteiger partial charge in [-0.25, -0.2) is 9.78 Å². The highest BCUT2D eigenvalue weighted by Crippen LogP contribution is 2.27. The maximum absolute atomic E-state index is 5.45. The van der Waals surface area contributed by atoms with E-state index < -0.39 is 5.79 Å². The average molecular weight is 262 g/mol. The molecule has 0 aromatic rings. The van der Waals surface area contributed by atoms with Gasteiger partial charge in [-0.05, 0) is 54.4 Å². The smallest absolute Gasteiger partial charge is 0.228 e. The maximum Gasteiger partial charge on any atom is 0.231 e. The first-order chi connectivity index (χ1) is 7.83. The first kappa shape index (κ1) is 17.8. The van der Waals surface area contributed by atoms with Crippen LogP contribution in [0.4, 0.5) is 0 Å². The largest absolute Gasteiger partial charge is 0.231 e. The highest BCUT2D eigenvalue weighted by molar-refractivity contribution is 4.65. The average Bonchev–Trinajstić information content (AvgIpc) is 2.09. The van der Waals surface area contributed by atoms with Crippen molar-refractivity contribution in [2.24, 2.45) is 5.92 Å². The Morgan fingerprint density at radius 3 is 1.22 bits per heavy atom. The Labute approximate surface area is 112 Å². The van der Waals surface area contributed by atoms with Gasteiger partial charge in [0.05, 0.1) is 11.2 Å². The van der Waals surface area contributed by atoms with Crippen LogP contribution in [0.5, 0.6) is 0 Å². The van der Waals surface area contributed by atoms with Crippen LogP contribution in [0.2, 0.25) is 0 Å². The van der Waals surface area contributed by atoms with Crippen molar-refractivity contribution in [2.45, 2.75) is 85.7 Å². The number of hydrogen-bond donors (Lipinski definition) is 0. The van der Waals surface area contributed by atoms with Crippen LogP contribution in [0.25, 0.3) is 0 Å². The SMILES string of the molecule is CC(C)CC(C)(OOC(C)(C)C)OOC(C)(C)C. The van der Waals surface area contributed by atoms with Gasteiger partial charge < -0.3 is 0 Å². The van der Waals surface area contributed by atoms with E-state index in [0.29, 0.717) is 12.3 Å². The van der Waals surface area contributed by atoms with Crippen molar-refractivity contribution < 1.29 is 19.6 Å². The molecule has 0 saturated heterocycles. The molecule has 0 spiro atoms. The summed E-state index contributed by atoms with van der Waals surface area (Å²) < 4.78 is 0. The Hall–Kier alpha value is -0.160. The molecule has 0 aromatic carbocycles. The van der Waals surface area contributed by atoms with Crippen LogP contribution >= 0.6 is 0 Å². The lowest BCUT2D eigenvalue weighted by molar-refractivity contribution is -0.538. The van der Waals surface area contributed by atoms with Gasteiger partial charge in [0, 0.05) is 6.42 Å². The Kier molecular flexibility index (Phi) is 6.27. The van der Waals surface area contributed by atoms with Crippen molar-refractivity contribution in [3.63, 3.8) is 0 Å². The Morgan fingerprint density at radius 2 is 1.00 bits per heavy atom. The van der Waals surface area contributed by atoms with Gasteiger partial charge in [0.1, 0.15) is 0 Å². The first-order valence-corrected chi connectivity index (χ1v) is 6.57. The molecule has 0 heterocycles. The molecule has 0 unspecified atom stereocenters. The van der Waals surface area contributed by atoms with Crippen LogP contribution < -0.4 is 0 Å². The summed E-state index contributed by atoms with van der Waals surface area (Å²) in [7, 11) is 0. The van der Waals surface area contributed by atoms with Gasteiger partial charge in [-0.2, -0.15) is 9.78 Å². The minimum Gasteiger partial charge on any atom is -0.228 e. The quantitative estimate of drug-likeness (QED) is 0.407. The van der Waals surface area contributed by atoms with Crippen molar-refractivity contribution in [3.05, 3.63) is 0 Å². The lowest BCUT2D eigenvalue weighted by atomic mass is 10.0. The molecule has 0 aliphatic heterocycles. The van der Waals surface area contributed by atoms with Crippen LogP contribution in [0, 0.1) is 5.92 Å². The number of rotatable bonds is 6. The topological polar surface area (TPSA) is 36.9 Å². The molecule has 4 nitrogen and oxygen atoms in total. The van der Waals surface area contributed by atoms with Crippen LogP contribution in [0.3, 0.4) is 0 Å². The lowest BCUT2D eigenvalue weighted by Gasteiger charge is -2.33. The molecular weight excluding hydrogens is 232 g/mol. The molecule has 110 valence electrons. The van der Waals surface area contributed by atoms with Crippen molar-refractivity contribution in [1.82, 2.24) is 0 Å². The standard InChI is InChI=1S/C14H30O4/c1-11(2)10-14(9,17-15-12(3,4)5)18-16-13(6,7)8/h11H,10H2,1-9H3. The maximum atomic E-state index is 5.45. The molecule has 0 amide bonds. The fourth-order valence-corrected chi connectivity index (χ4v) is 1.25. The van der Waals surface area contributed by atoms with Crippen LogP contribution in [-0.2, 0) is 19.6 Å². The third-order valence-corrected chi connectivity index (χ3v) is 1.71. The summed E-state index contributed by atoms with van der Waals surface area (Å²) >= 11 is 0. The van der Waals surface area contributed by atoms with Gasteiger partial charge in [-0.1, -0.05) is 13.8 Å². The molecule has 0 atom stereocenters. The fourth-order valence-electron chi connectivity index (χ4n) is 1.25. The zero-order chi connectivity index (χ0) is 14.6. The second-order valence-electron chi connectivity index (χ2n) is 7.29. The monoisotopic (exact) mass is 262 g/mol. The Balaban J connectivity index is 4.52. The van der Waals surface area contributed by atoms with Gasteiger partial charge in [0.15, 0.2) is 0 Å². The first-order valence-electron chi connectivity index (χ1n) is 6.57. The van der Waals surface area contributed by atoms with E-state index in [0.717, 1.165) is 0 Å². The van der Waals surface area contributed by atoms with E-state index in [9.17, 15) is 0 Å². The molecule has 0 aromatic heterocycles. The van der Waals surface area contributed by atoms with E-state index >= 15 is 0 Å². The van der Waals surface area contributed by atoms with E-state index in [-0.39, 0.29) is 11.2 Å². The van der Waals surface area contributed by atoms with E-state index in [1.807, 2.05) is 48.5 Å². The van der Waals surface area contributed by atoms with Crippen molar-refractivity contribution >= 4 is 0 Å². The summed E-state index contributed by atoms with van der Waals surface area (Å²) in [6, 6.07) is 0. The van der Waals surface area contributed by atoms with Gasteiger partial charge in [-0.15, -0.1) is 0 Å². The molecule has 0 bridgehead atoms. The van der Waals surface area contributed by atoms with E-state index in [4.69, 9.17) is 19.6 Å². The van der Waals surface area contributed by atoms with Gasteiger partial charge in [0.2, 0.25) is 5.79 Å². The molecule has 0 radical (unpaired) electrons. The molecule has 0 aliphatic carbocycles. The summed E-state index contributed by atoms with van der Waals surface area (Å²) in [6.07, 6.45) is 0.680. The zero-order valence-corrected chi connectivity index (χ0v) is 13.4. The minimum absolute atomic E-state index is 0.386. The minimum atomic E-state index is -0.908.